The lowest BCUT2D eigenvalue weighted by Gasteiger charge is -2.40. The summed E-state index contributed by atoms with van der Waals surface area (Å²) in [6.45, 7) is 9.20. The number of hydrogen-bond donors (Lipinski definition) is 1. The molecule has 0 saturated carbocycles. The Morgan fingerprint density at radius 2 is 1.80 bits per heavy atom. The Morgan fingerprint density at radius 1 is 1.15 bits per heavy atom. The second-order valence-electron chi connectivity index (χ2n) is 6.93. The lowest BCUT2D eigenvalue weighted by atomic mass is 9.88. The molecule has 2 heterocycles. The van der Waals surface area contributed by atoms with Crippen LogP contribution in [0.25, 0.3) is 0 Å². The Hall–Kier alpha value is -0.130. The number of nitrogens with one attached hydrogen (secondary N) is 1. The minimum Gasteiger partial charge on any atom is -0.317 e. The summed E-state index contributed by atoms with van der Waals surface area (Å²) in [4.78, 5) is 0. The van der Waals surface area contributed by atoms with Gasteiger partial charge in [0, 0.05) is 12.6 Å². The quantitative estimate of drug-likeness (QED) is 0.865. The van der Waals surface area contributed by atoms with Crippen LogP contribution < -0.4 is 5.32 Å². The first-order valence-electron chi connectivity index (χ1n) is 8.10. The van der Waals surface area contributed by atoms with Crippen LogP contribution in [0.15, 0.2) is 0 Å². The minimum absolute atomic E-state index is 0.157. The summed E-state index contributed by atoms with van der Waals surface area (Å²) in [7, 11) is -3.08. The molecule has 3 unspecified atom stereocenters. The van der Waals surface area contributed by atoms with Crippen molar-refractivity contribution in [2.24, 2.45) is 17.8 Å². The molecule has 0 radical (unpaired) electrons. The van der Waals surface area contributed by atoms with E-state index in [1.807, 2.05) is 0 Å². The molecule has 0 aromatic carbocycles. The van der Waals surface area contributed by atoms with E-state index >= 15 is 0 Å². The first-order valence-corrected chi connectivity index (χ1v) is 9.71. The average molecular weight is 302 g/mol. The van der Waals surface area contributed by atoms with E-state index in [0.29, 0.717) is 30.1 Å². The third kappa shape index (κ3) is 3.95. The summed E-state index contributed by atoms with van der Waals surface area (Å²) in [5, 5.41) is 3.33. The van der Waals surface area contributed by atoms with Gasteiger partial charge in [-0.1, -0.05) is 13.8 Å². The summed E-state index contributed by atoms with van der Waals surface area (Å²) in [5.74, 6) is 1.87. The predicted molar refractivity (Wildman–Crippen MR) is 83.1 cm³/mol. The molecule has 2 saturated heterocycles. The minimum atomic E-state index is -3.08. The maximum absolute atomic E-state index is 12.6. The molecule has 2 aliphatic rings. The monoisotopic (exact) mass is 302 g/mol. The molecule has 3 atom stereocenters. The third-order valence-electron chi connectivity index (χ3n) is 5.14. The number of nitrogens with zero attached hydrogens (tertiary/aromatic N) is 1. The van der Waals surface area contributed by atoms with Gasteiger partial charge in [-0.25, -0.2) is 8.42 Å². The van der Waals surface area contributed by atoms with E-state index in [1.165, 1.54) is 0 Å². The fourth-order valence-electron chi connectivity index (χ4n) is 3.63. The van der Waals surface area contributed by atoms with Crippen molar-refractivity contribution in [2.45, 2.75) is 52.5 Å². The van der Waals surface area contributed by atoms with E-state index < -0.39 is 10.0 Å². The van der Waals surface area contributed by atoms with Crippen molar-refractivity contribution in [3.05, 3.63) is 0 Å². The first kappa shape index (κ1) is 16.2. The number of piperidine rings is 2. The third-order valence-corrected chi connectivity index (χ3v) is 7.09. The molecule has 5 heteroatoms. The normalized spacial score (nSPS) is 34.2. The van der Waals surface area contributed by atoms with Crippen molar-refractivity contribution in [3.63, 3.8) is 0 Å². The van der Waals surface area contributed by atoms with E-state index in [1.54, 1.807) is 4.31 Å². The van der Waals surface area contributed by atoms with Crippen LogP contribution in [0.5, 0.6) is 0 Å². The second kappa shape index (κ2) is 6.75. The molecular weight excluding hydrogens is 272 g/mol. The van der Waals surface area contributed by atoms with Gasteiger partial charge in [0.05, 0.1) is 5.75 Å². The van der Waals surface area contributed by atoms with Gasteiger partial charge < -0.3 is 5.32 Å². The highest BCUT2D eigenvalue weighted by molar-refractivity contribution is 7.89. The van der Waals surface area contributed by atoms with Gasteiger partial charge in [0.1, 0.15) is 0 Å². The van der Waals surface area contributed by atoms with Crippen molar-refractivity contribution in [3.8, 4) is 0 Å². The molecule has 2 aliphatic heterocycles. The molecule has 1 N–H and O–H groups in total. The predicted octanol–water partition coefficient (Wildman–Crippen LogP) is 2.07. The maximum Gasteiger partial charge on any atom is 0.214 e. The lowest BCUT2D eigenvalue weighted by Crippen LogP contribution is -2.49. The van der Waals surface area contributed by atoms with Crippen LogP contribution in [0, 0.1) is 17.8 Å². The van der Waals surface area contributed by atoms with Crippen LogP contribution in [-0.4, -0.2) is 44.2 Å². The Bertz CT molecular complexity index is 404. The van der Waals surface area contributed by atoms with E-state index in [4.69, 9.17) is 0 Å². The van der Waals surface area contributed by atoms with Crippen molar-refractivity contribution >= 4 is 10.0 Å². The Labute approximate surface area is 124 Å². The van der Waals surface area contributed by atoms with Gasteiger partial charge in [-0.2, -0.15) is 4.31 Å². The molecule has 0 spiro atoms. The van der Waals surface area contributed by atoms with Gasteiger partial charge in [0.2, 0.25) is 10.0 Å². The van der Waals surface area contributed by atoms with Gasteiger partial charge in [-0.05, 0) is 63.5 Å². The van der Waals surface area contributed by atoms with Crippen molar-refractivity contribution in [2.75, 3.05) is 25.4 Å². The molecule has 0 aromatic rings. The summed E-state index contributed by atoms with van der Waals surface area (Å²) >= 11 is 0. The first-order chi connectivity index (χ1) is 9.40. The van der Waals surface area contributed by atoms with Crippen molar-refractivity contribution in [1.29, 1.82) is 0 Å². The molecule has 0 aromatic heterocycles. The van der Waals surface area contributed by atoms with Crippen molar-refractivity contribution < 1.29 is 8.42 Å². The zero-order chi connectivity index (χ0) is 14.8. The highest BCUT2D eigenvalue weighted by Gasteiger charge is 2.36. The summed E-state index contributed by atoms with van der Waals surface area (Å²) in [5.41, 5.74) is 0. The molecular formula is C15H30N2O2S. The van der Waals surface area contributed by atoms with Gasteiger partial charge in [-0.15, -0.1) is 0 Å². The Balaban J connectivity index is 1.94. The molecule has 0 bridgehead atoms. The fraction of sp³-hybridized carbons (Fsp3) is 1.00. The SMILES string of the molecule is CC1CC(C)C(C)N(S(=O)(=O)CCC2CCNCC2)C1. The topological polar surface area (TPSA) is 49.4 Å². The highest BCUT2D eigenvalue weighted by Crippen LogP contribution is 2.30. The van der Waals surface area contributed by atoms with Crippen LogP contribution in [0.2, 0.25) is 0 Å². The molecule has 2 rings (SSSR count). The number of rotatable bonds is 4. The zero-order valence-electron chi connectivity index (χ0n) is 13.1. The smallest absolute Gasteiger partial charge is 0.214 e. The lowest BCUT2D eigenvalue weighted by molar-refractivity contribution is 0.157. The summed E-state index contributed by atoms with van der Waals surface area (Å²) < 4.78 is 27.1. The van der Waals surface area contributed by atoms with Crippen molar-refractivity contribution in [1.82, 2.24) is 9.62 Å². The summed E-state index contributed by atoms with van der Waals surface area (Å²) in [6, 6.07) is 0.157. The Morgan fingerprint density at radius 3 is 2.45 bits per heavy atom. The van der Waals surface area contributed by atoms with Crippen LogP contribution in [0.3, 0.4) is 0 Å². The zero-order valence-corrected chi connectivity index (χ0v) is 14.0. The van der Waals surface area contributed by atoms with E-state index in [9.17, 15) is 8.42 Å². The van der Waals surface area contributed by atoms with Crippen LogP contribution in [0.1, 0.15) is 46.5 Å². The van der Waals surface area contributed by atoms with Crippen LogP contribution in [-0.2, 0) is 10.0 Å². The molecule has 0 aliphatic carbocycles. The average Bonchev–Trinajstić information content (AvgIpc) is 2.42. The fourth-order valence-corrected chi connectivity index (χ4v) is 5.70. The Kier molecular flexibility index (Phi) is 5.49. The summed E-state index contributed by atoms with van der Waals surface area (Å²) in [6.07, 6.45) is 4.22. The van der Waals surface area contributed by atoms with Gasteiger partial charge in [0.25, 0.3) is 0 Å². The van der Waals surface area contributed by atoms with Crippen LogP contribution in [0.4, 0.5) is 0 Å². The number of hydrogen-bond acceptors (Lipinski definition) is 3. The molecule has 20 heavy (non-hydrogen) atoms. The largest absolute Gasteiger partial charge is 0.317 e. The molecule has 0 amide bonds. The van der Waals surface area contributed by atoms with E-state index in [-0.39, 0.29) is 6.04 Å². The number of sulfonamides is 1. The van der Waals surface area contributed by atoms with Gasteiger partial charge in [0.15, 0.2) is 0 Å². The maximum atomic E-state index is 12.6. The standard InChI is InChI=1S/C15H30N2O2S/c1-12-10-13(2)14(3)17(11-12)20(18,19)9-6-15-4-7-16-8-5-15/h12-16H,4-11H2,1-3H3. The van der Waals surface area contributed by atoms with E-state index in [0.717, 1.165) is 38.8 Å². The molecule has 2 fully saturated rings. The van der Waals surface area contributed by atoms with Gasteiger partial charge in [-0.3, -0.25) is 0 Å². The van der Waals surface area contributed by atoms with E-state index in [2.05, 4.69) is 26.1 Å². The van der Waals surface area contributed by atoms with Crippen LogP contribution >= 0.6 is 0 Å². The molecule has 118 valence electrons. The molecule has 4 nitrogen and oxygen atoms in total. The second-order valence-corrected chi connectivity index (χ2v) is 8.97. The van der Waals surface area contributed by atoms with Gasteiger partial charge >= 0.3 is 0 Å². The highest BCUT2D eigenvalue weighted by atomic mass is 32.2.